The molecule has 4 heterocycles. The van der Waals surface area contributed by atoms with Crippen LogP contribution in [0, 0.1) is 0 Å². The van der Waals surface area contributed by atoms with Crippen LogP contribution >= 0.6 is 0 Å². The van der Waals surface area contributed by atoms with Crippen molar-refractivity contribution in [3.8, 4) is 78.9 Å². The fraction of sp³-hybridized carbons (Fsp3) is 0.262. The Labute approximate surface area is 530 Å². The van der Waals surface area contributed by atoms with Crippen molar-refractivity contribution in [3.63, 3.8) is 0 Å². The van der Waals surface area contributed by atoms with Gasteiger partial charge in [-0.15, -0.1) is 0 Å². The minimum absolute atomic E-state index is 0.131. The minimum atomic E-state index is -0.217. The van der Waals surface area contributed by atoms with Gasteiger partial charge in [0.1, 0.15) is 0 Å². The van der Waals surface area contributed by atoms with Gasteiger partial charge in [0.25, 0.3) is 0 Å². The van der Waals surface area contributed by atoms with E-state index in [0.29, 0.717) is 17.5 Å². The van der Waals surface area contributed by atoms with Crippen molar-refractivity contribution in [2.75, 3.05) is 0 Å². The second kappa shape index (κ2) is 19.6. The predicted octanol–water partition coefficient (Wildman–Crippen LogP) is 21.9. The van der Waals surface area contributed by atoms with Gasteiger partial charge in [-0.1, -0.05) is 208 Å². The van der Waals surface area contributed by atoms with Gasteiger partial charge in [0, 0.05) is 72.6 Å². The van der Waals surface area contributed by atoms with Crippen molar-refractivity contribution in [2.24, 2.45) is 0 Å². The zero-order valence-corrected chi connectivity index (χ0v) is 55.2. The summed E-state index contributed by atoms with van der Waals surface area (Å²) < 4.78 is 5.01. The zero-order valence-electron chi connectivity index (χ0n) is 55.2. The summed E-state index contributed by atoms with van der Waals surface area (Å²) in [5.74, 6) is 1.87. The lowest BCUT2D eigenvalue weighted by Crippen LogP contribution is -2.17. The van der Waals surface area contributed by atoms with Crippen LogP contribution in [0.3, 0.4) is 0 Å². The van der Waals surface area contributed by atoms with Crippen LogP contribution in [0.4, 0.5) is 0 Å². The van der Waals surface area contributed by atoms with Crippen molar-refractivity contribution in [1.82, 2.24) is 29.1 Å². The van der Waals surface area contributed by atoms with Crippen molar-refractivity contribution >= 4 is 43.6 Å². The van der Waals surface area contributed by atoms with Crippen LogP contribution in [-0.4, -0.2) is 29.1 Å². The van der Waals surface area contributed by atoms with Gasteiger partial charge in [-0.3, -0.25) is 4.98 Å². The summed E-state index contributed by atoms with van der Waals surface area (Å²) in [7, 11) is 0. The Morgan fingerprint density at radius 2 is 0.689 bits per heavy atom. The summed E-state index contributed by atoms with van der Waals surface area (Å²) in [5.41, 5.74) is 26.0. The van der Waals surface area contributed by atoms with Crippen molar-refractivity contribution < 1.29 is 0 Å². The highest BCUT2D eigenvalue weighted by atomic mass is 15.0. The van der Waals surface area contributed by atoms with E-state index in [1.807, 2.05) is 6.20 Å². The largest absolute Gasteiger partial charge is 0.309 e. The van der Waals surface area contributed by atoms with E-state index < -0.39 is 0 Å². The first-order valence-corrected chi connectivity index (χ1v) is 32.2. The fourth-order valence-corrected chi connectivity index (χ4v) is 14.7. The van der Waals surface area contributed by atoms with Gasteiger partial charge in [-0.25, -0.2) is 15.0 Å². The van der Waals surface area contributed by atoms with Gasteiger partial charge >= 0.3 is 0 Å². The lowest BCUT2D eigenvalue weighted by molar-refractivity contribution is 0.568. The molecule has 0 bridgehead atoms. The zero-order chi connectivity index (χ0) is 62.9. The first-order valence-electron chi connectivity index (χ1n) is 32.2. The lowest BCUT2D eigenvalue weighted by atomic mass is 9.79. The highest BCUT2D eigenvalue weighted by Crippen LogP contribution is 2.54. The summed E-state index contributed by atoms with van der Waals surface area (Å²) >= 11 is 0. The van der Waals surface area contributed by atoms with Crippen LogP contribution in [0.25, 0.3) is 123 Å². The molecule has 13 aromatic rings. The molecule has 0 atom stereocenters. The van der Waals surface area contributed by atoms with E-state index >= 15 is 0 Å². The first kappa shape index (κ1) is 57.2. The molecule has 0 radical (unpaired) electrons. The van der Waals surface area contributed by atoms with E-state index in [1.165, 1.54) is 88.3 Å². The first-order chi connectivity index (χ1) is 42.6. The molecule has 0 saturated heterocycles. The third-order valence-corrected chi connectivity index (χ3v) is 20.1. The molecule has 2 aliphatic carbocycles. The van der Waals surface area contributed by atoms with Gasteiger partial charge in [0.05, 0.1) is 33.4 Å². The van der Waals surface area contributed by atoms with Crippen LogP contribution in [-0.2, 0) is 32.5 Å². The van der Waals surface area contributed by atoms with Crippen LogP contribution in [0.15, 0.2) is 194 Å². The molecule has 4 aromatic heterocycles. The van der Waals surface area contributed by atoms with Gasteiger partial charge in [-0.2, -0.15) is 0 Å². The number of benzene rings is 9. The molecule has 0 spiro atoms. The molecule has 0 unspecified atom stereocenters. The molecule has 2 aliphatic rings. The van der Waals surface area contributed by atoms with Crippen LogP contribution in [0.2, 0.25) is 0 Å². The maximum atomic E-state index is 5.66. The molecule has 0 saturated carbocycles. The van der Waals surface area contributed by atoms with Crippen molar-refractivity contribution in [3.05, 3.63) is 239 Å². The Kier molecular flexibility index (Phi) is 12.5. The number of pyridine rings is 1. The molecule has 0 N–H and O–H groups in total. The molecule has 6 nitrogen and oxygen atoms in total. The topological polar surface area (TPSA) is 61.4 Å². The Hall–Kier alpha value is -9.26. The summed E-state index contributed by atoms with van der Waals surface area (Å²) in [6.45, 7) is 37.0. The predicted molar refractivity (Wildman–Crippen MR) is 378 cm³/mol. The Morgan fingerprint density at radius 3 is 1.12 bits per heavy atom. The highest BCUT2D eigenvalue weighted by molar-refractivity contribution is 6.14. The molecular formula is C84H80N6. The average molecular weight is 1170 g/mol. The van der Waals surface area contributed by atoms with Gasteiger partial charge in [0.15, 0.2) is 17.5 Å². The Bertz CT molecular complexity index is 5010. The summed E-state index contributed by atoms with van der Waals surface area (Å²) in [6.07, 6.45) is 4.04. The normalized spacial score (nSPS) is 14.4. The molecular weight excluding hydrogens is 1090 g/mol. The quantitative estimate of drug-likeness (QED) is 0.166. The second-order valence-corrected chi connectivity index (χ2v) is 30.9. The highest BCUT2D eigenvalue weighted by Gasteiger charge is 2.38. The molecule has 9 aromatic carbocycles. The number of para-hydroxylation sites is 2. The smallest absolute Gasteiger partial charge is 0.164 e. The van der Waals surface area contributed by atoms with E-state index in [1.54, 1.807) is 0 Å². The molecule has 15 rings (SSSR count). The molecule has 90 heavy (non-hydrogen) atoms. The Balaban J connectivity index is 1.04. The van der Waals surface area contributed by atoms with Crippen molar-refractivity contribution in [2.45, 2.75) is 143 Å². The standard InChI is InChI=1S/C84H80N6/c1-79(2,3)52-37-50(38-53(42-52)80(4,5)6)77-86-76(87-78(88-77)51-39-54(81(7,8)9)43-55(40-51)82(10,11)12)49-33-34-72(89-70-31-23-19-27-58(70)63-44-60-56-25-17-21-29-66(56)83(13,14)68(60)46-74(63)89)62(41-49)65-48-85-36-35-73(65)90-71-32-24-20-28-59(71)64-45-61-57-26-18-22-30-67(57)84(15,16)69(61)47-75(64)90/h17-48H,1-16H3. The van der Waals surface area contributed by atoms with Gasteiger partial charge < -0.3 is 9.13 Å². The van der Waals surface area contributed by atoms with Crippen LogP contribution in [0.1, 0.15) is 155 Å². The van der Waals surface area contributed by atoms with E-state index in [9.17, 15) is 0 Å². The number of hydrogen-bond donors (Lipinski definition) is 0. The minimum Gasteiger partial charge on any atom is -0.309 e. The van der Waals surface area contributed by atoms with Crippen LogP contribution < -0.4 is 0 Å². The molecule has 0 fully saturated rings. The monoisotopic (exact) mass is 1170 g/mol. The van der Waals surface area contributed by atoms with E-state index in [4.69, 9.17) is 19.9 Å². The van der Waals surface area contributed by atoms with Crippen LogP contribution in [0.5, 0.6) is 0 Å². The molecule has 0 amide bonds. The van der Waals surface area contributed by atoms with E-state index in [-0.39, 0.29) is 32.5 Å². The molecule has 0 aliphatic heterocycles. The summed E-state index contributed by atoms with van der Waals surface area (Å²) in [4.78, 5) is 22.0. The van der Waals surface area contributed by atoms with Crippen molar-refractivity contribution in [1.29, 1.82) is 0 Å². The number of nitrogens with zero attached hydrogens (tertiary/aromatic N) is 6. The Morgan fingerprint density at radius 1 is 0.300 bits per heavy atom. The van der Waals surface area contributed by atoms with E-state index in [0.717, 1.165) is 61.3 Å². The molecule has 446 valence electrons. The fourth-order valence-electron chi connectivity index (χ4n) is 14.7. The summed E-state index contributed by atoms with van der Waals surface area (Å²) in [5, 5.41) is 4.83. The SMILES string of the molecule is CC(C)(C)c1cc(-c2nc(-c3cc(C(C)(C)C)cc(C(C)(C)C)c3)nc(-c3ccc(-n4c5ccccc5c5cc6c(cc54)C(C)(C)c4ccccc4-6)c(-c4cnccc4-n4c5ccccc5c5cc6c(cc54)C(C)(C)c4ccccc4-6)c3)n2)cc(C(C)(C)C)c1. The third kappa shape index (κ3) is 8.94. The second-order valence-electron chi connectivity index (χ2n) is 30.9. The number of rotatable bonds is 6. The van der Waals surface area contributed by atoms with E-state index in [2.05, 4.69) is 308 Å². The maximum absolute atomic E-state index is 5.66. The number of hydrogen-bond acceptors (Lipinski definition) is 4. The molecule has 6 heteroatoms. The van der Waals surface area contributed by atoms with Gasteiger partial charge in [-0.05, 0) is 173 Å². The van der Waals surface area contributed by atoms with Gasteiger partial charge in [0.2, 0.25) is 0 Å². The number of aromatic nitrogens is 6. The number of fused-ring (bicyclic) bond motifs is 12. The maximum Gasteiger partial charge on any atom is 0.164 e. The average Bonchev–Trinajstić information content (AvgIpc) is 1.55. The summed E-state index contributed by atoms with van der Waals surface area (Å²) in [6, 6.07) is 68.8. The third-order valence-electron chi connectivity index (χ3n) is 20.1. The lowest BCUT2D eigenvalue weighted by Gasteiger charge is -2.26.